The lowest BCUT2D eigenvalue weighted by atomic mass is 10.1. The number of aliphatic hydroxyl groups is 2. The Hall–Kier alpha value is -3.41. The Bertz CT molecular complexity index is 1200. The fourth-order valence-corrected chi connectivity index (χ4v) is 3.48. The molecule has 2 aromatic carbocycles. The second-order valence-electron chi connectivity index (χ2n) is 7.17. The van der Waals surface area contributed by atoms with E-state index in [1.165, 1.54) is 0 Å². The molecule has 3 aromatic rings. The second kappa shape index (κ2) is 10.7. The molecule has 0 bridgehead atoms. The number of carbonyl (C=O) groups excluding carboxylic acids is 1. The van der Waals surface area contributed by atoms with Crippen LogP contribution in [0.2, 0.25) is 0 Å². The van der Waals surface area contributed by atoms with Gasteiger partial charge in [-0.15, -0.1) is 0 Å². The molecule has 1 fully saturated rings. The van der Waals surface area contributed by atoms with Crippen LogP contribution in [0.25, 0.3) is 10.8 Å². The second-order valence-corrected chi connectivity index (χ2v) is 7.17. The number of nitrogens with zero attached hydrogens (tertiary/aromatic N) is 2. The Morgan fingerprint density at radius 1 is 1.21 bits per heavy atom. The smallest absolute Gasteiger partial charge is 0.413 e. The zero-order valence-corrected chi connectivity index (χ0v) is 18.5. The van der Waals surface area contributed by atoms with E-state index in [4.69, 9.17) is 14.6 Å². The number of alkyl halides is 2. The van der Waals surface area contributed by atoms with Crippen LogP contribution in [-0.4, -0.2) is 50.6 Å². The molecule has 1 amide bonds. The van der Waals surface area contributed by atoms with Crippen LogP contribution in [0.3, 0.4) is 0 Å². The molecule has 0 radical (unpaired) electrons. The number of hydrogen-bond donors (Lipinski definition) is 3. The van der Waals surface area contributed by atoms with Gasteiger partial charge in [0.2, 0.25) is 6.23 Å². The Balaban J connectivity index is 0.00000158. The largest absolute Gasteiger partial charge is 0.444 e. The van der Waals surface area contributed by atoms with Gasteiger partial charge in [0.1, 0.15) is 18.5 Å². The van der Waals surface area contributed by atoms with Gasteiger partial charge in [0.25, 0.3) is 0 Å². The maximum absolute atomic E-state index is 14.2. The first-order chi connectivity index (χ1) is 16.3. The summed E-state index contributed by atoms with van der Waals surface area (Å²) in [5.74, 6) is -4.04. The summed E-state index contributed by atoms with van der Waals surface area (Å²) < 4.78 is 39.0. The number of ether oxygens (including phenoxy) is 2. The minimum absolute atomic E-state index is 0.0349. The van der Waals surface area contributed by atoms with Crippen molar-refractivity contribution in [2.45, 2.75) is 44.8 Å². The third-order valence-corrected chi connectivity index (χ3v) is 5.11. The molecule has 182 valence electrons. The Morgan fingerprint density at radius 3 is 2.59 bits per heavy atom. The Labute approximate surface area is 193 Å². The average molecular weight is 477 g/mol. The average Bonchev–Trinajstić information content (AvgIpc) is 3.07. The van der Waals surface area contributed by atoms with Gasteiger partial charge < -0.3 is 19.7 Å². The highest BCUT2D eigenvalue weighted by Gasteiger charge is 2.59. The number of hydrogen-bond acceptors (Lipinski definition) is 7. The molecule has 0 aliphatic carbocycles. The maximum Gasteiger partial charge on any atom is 0.413 e. The highest BCUT2D eigenvalue weighted by Crippen LogP contribution is 2.41. The molecule has 3 unspecified atom stereocenters. The van der Waals surface area contributed by atoms with E-state index in [1.807, 2.05) is 56.3 Å². The molecule has 4 rings (SSSR count). The molecule has 3 atom stereocenters. The lowest BCUT2D eigenvalue weighted by Crippen LogP contribution is -2.41. The number of aromatic nitrogens is 2. The molecule has 2 heterocycles. The number of amides is 1. The summed E-state index contributed by atoms with van der Waals surface area (Å²) in [4.78, 5) is 27.9. The number of aliphatic hydroxyl groups excluding tert-OH is 2. The van der Waals surface area contributed by atoms with E-state index in [9.17, 15) is 23.5 Å². The van der Waals surface area contributed by atoms with Crippen LogP contribution in [0.5, 0.6) is 0 Å². The summed E-state index contributed by atoms with van der Waals surface area (Å²) in [7, 11) is 0. The summed E-state index contributed by atoms with van der Waals surface area (Å²) in [5, 5.41) is 22.8. The topological polar surface area (TPSA) is 123 Å². The predicted octanol–water partition coefficient (Wildman–Crippen LogP) is 3.06. The van der Waals surface area contributed by atoms with Crippen LogP contribution >= 0.6 is 0 Å². The van der Waals surface area contributed by atoms with E-state index in [0.29, 0.717) is 4.57 Å². The van der Waals surface area contributed by atoms with Crippen LogP contribution in [0.15, 0.2) is 59.5 Å². The fraction of sp³-hybridized carbons (Fsp3) is 0.348. The third kappa shape index (κ3) is 5.06. The summed E-state index contributed by atoms with van der Waals surface area (Å²) in [6.07, 6.45) is -5.93. The highest BCUT2D eigenvalue weighted by molar-refractivity contribution is 5.86. The van der Waals surface area contributed by atoms with Gasteiger partial charge in [0.05, 0.1) is 6.61 Å². The molecule has 9 nitrogen and oxygen atoms in total. The van der Waals surface area contributed by atoms with Crippen molar-refractivity contribution in [3.63, 3.8) is 0 Å². The van der Waals surface area contributed by atoms with Crippen LogP contribution in [0, 0.1) is 0 Å². The van der Waals surface area contributed by atoms with Crippen molar-refractivity contribution in [3.05, 3.63) is 70.8 Å². The van der Waals surface area contributed by atoms with Crippen LogP contribution in [-0.2, 0) is 16.1 Å². The zero-order valence-electron chi connectivity index (χ0n) is 18.5. The van der Waals surface area contributed by atoms with Gasteiger partial charge in [-0.3, -0.25) is 9.88 Å². The number of anilines is 1. The quantitative estimate of drug-likeness (QED) is 0.516. The molecule has 11 heteroatoms. The van der Waals surface area contributed by atoms with Crippen molar-refractivity contribution in [2.75, 3.05) is 11.9 Å². The van der Waals surface area contributed by atoms with Gasteiger partial charge in [0.15, 0.2) is 6.10 Å². The molecule has 0 saturated carbocycles. The first kappa shape index (κ1) is 25.2. The van der Waals surface area contributed by atoms with Gasteiger partial charge in [-0.05, 0) is 22.4 Å². The van der Waals surface area contributed by atoms with Crippen molar-refractivity contribution >= 4 is 22.7 Å². The van der Waals surface area contributed by atoms with Gasteiger partial charge in [0, 0.05) is 6.20 Å². The van der Waals surface area contributed by atoms with Crippen molar-refractivity contribution in [1.29, 1.82) is 0 Å². The van der Waals surface area contributed by atoms with Crippen molar-refractivity contribution in [2.24, 2.45) is 0 Å². The normalized spacial score (nSPS) is 20.9. The van der Waals surface area contributed by atoms with E-state index in [0.717, 1.165) is 28.6 Å². The lowest BCUT2D eigenvalue weighted by molar-refractivity contribution is -0.140. The minimum Gasteiger partial charge on any atom is -0.444 e. The van der Waals surface area contributed by atoms with E-state index in [2.05, 4.69) is 10.3 Å². The molecule has 1 saturated heterocycles. The van der Waals surface area contributed by atoms with Gasteiger partial charge in [-0.25, -0.2) is 9.59 Å². The molecule has 1 aromatic heterocycles. The van der Waals surface area contributed by atoms with E-state index in [1.54, 1.807) is 0 Å². The molecule has 1 aliphatic rings. The molecule has 34 heavy (non-hydrogen) atoms. The molecular weight excluding hydrogens is 452 g/mol. The van der Waals surface area contributed by atoms with Crippen LogP contribution < -0.4 is 11.0 Å². The summed E-state index contributed by atoms with van der Waals surface area (Å²) in [5.41, 5.74) is -0.369. The van der Waals surface area contributed by atoms with Crippen LogP contribution in [0.1, 0.15) is 25.6 Å². The molecule has 0 spiro atoms. The zero-order chi connectivity index (χ0) is 24.9. The third-order valence-electron chi connectivity index (χ3n) is 5.11. The SMILES string of the molecule is CC.O=C(Nc1ccn(C2OC(CO)C(O)C2(F)F)c(=O)n1)OCc1cccc2ccccc12. The highest BCUT2D eigenvalue weighted by atomic mass is 19.3. The van der Waals surface area contributed by atoms with E-state index >= 15 is 0 Å². The monoisotopic (exact) mass is 477 g/mol. The van der Waals surface area contributed by atoms with Gasteiger partial charge >= 0.3 is 17.7 Å². The molecule has 1 aliphatic heterocycles. The van der Waals surface area contributed by atoms with Crippen LogP contribution in [0.4, 0.5) is 19.4 Å². The number of halogens is 2. The summed E-state index contributed by atoms with van der Waals surface area (Å²) in [6.45, 7) is 3.12. The number of carbonyl (C=O) groups is 1. The van der Waals surface area contributed by atoms with E-state index in [-0.39, 0.29) is 12.4 Å². The molecule has 3 N–H and O–H groups in total. The number of benzene rings is 2. The summed E-state index contributed by atoms with van der Waals surface area (Å²) >= 11 is 0. The first-order valence-electron chi connectivity index (χ1n) is 10.6. The fourth-order valence-electron chi connectivity index (χ4n) is 3.48. The Morgan fingerprint density at radius 2 is 1.91 bits per heavy atom. The maximum atomic E-state index is 14.2. The van der Waals surface area contributed by atoms with Crippen molar-refractivity contribution in [3.8, 4) is 0 Å². The standard InChI is InChI=1S/C21H19F2N3O6.C2H6/c22-21(23)17(28)15(10-27)32-18(21)26-9-8-16(24-19(26)29)25-20(30)31-11-13-6-3-5-12-4-1-2-7-14(12)13;1-2/h1-9,15,17-18,27-28H,10-11H2,(H,24,25,29,30);1-2H3. The number of fused-ring (bicyclic) bond motifs is 1. The van der Waals surface area contributed by atoms with Gasteiger partial charge in [-0.2, -0.15) is 13.8 Å². The summed E-state index contributed by atoms with van der Waals surface area (Å²) in [6, 6.07) is 14.3. The predicted molar refractivity (Wildman–Crippen MR) is 120 cm³/mol. The first-order valence-corrected chi connectivity index (χ1v) is 10.6. The number of rotatable bonds is 5. The molecular formula is C23H25F2N3O6. The van der Waals surface area contributed by atoms with Gasteiger partial charge in [-0.1, -0.05) is 56.3 Å². The van der Waals surface area contributed by atoms with E-state index < -0.39 is 42.7 Å². The number of nitrogens with one attached hydrogen (secondary N) is 1. The van der Waals surface area contributed by atoms with Crippen molar-refractivity contribution in [1.82, 2.24) is 9.55 Å². The Kier molecular flexibility index (Phi) is 7.92. The minimum atomic E-state index is -3.83. The van der Waals surface area contributed by atoms with Crippen molar-refractivity contribution < 1.29 is 33.3 Å². The lowest BCUT2D eigenvalue weighted by Gasteiger charge is -2.21.